The molecule has 0 spiro atoms. The summed E-state index contributed by atoms with van der Waals surface area (Å²) in [6.07, 6.45) is 4.73. The quantitative estimate of drug-likeness (QED) is 0.517. The maximum absolute atomic E-state index is 11.7. The van der Waals surface area contributed by atoms with Crippen LogP contribution in [0, 0.1) is 5.92 Å². The van der Waals surface area contributed by atoms with Crippen molar-refractivity contribution in [2.45, 2.75) is 83.8 Å². The number of esters is 1. The lowest BCUT2D eigenvalue weighted by molar-refractivity contribution is -0.144. The Kier molecular flexibility index (Phi) is 6.48. The number of rotatable bonds is 5. The smallest absolute Gasteiger partial charge is 0.466 e. The van der Waals surface area contributed by atoms with Crippen LogP contribution in [0.3, 0.4) is 0 Å². The zero-order valence-corrected chi connectivity index (χ0v) is 18.5. The summed E-state index contributed by atoms with van der Waals surface area (Å²) in [5.41, 5.74) is 1.43. The van der Waals surface area contributed by atoms with Gasteiger partial charge in [0.1, 0.15) is 0 Å². The molecule has 0 amide bonds. The topological polar surface area (TPSA) is 44.8 Å². The Labute approximate surface area is 174 Å². The number of carbonyl (C=O) groups is 1. The Balaban J connectivity index is 1.62. The third-order valence-electron chi connectivity index (χ3n) is 6.60. The van der Waals surface area contributed by atoms with E-state index in [2.05, 4.69) is 39.8 Å². The van der Waals surface area contributed by atoms with E-state index in [-0.39, 0.29) is 17.2 Å². The van der Waals surface area contributed by atoms with Crippen molar-refractivity contribution in [3.8, 4) is 0 Å². The molecule has 1 aliphatic heterocycles. The van der Waals surface area contributed by atoms with Gasteiger partial charge in [0.05, 0.1) is 17.8 Å². The van der Waals surface area contributed by atoms with Crippen molar-refractivity contribution in [3.05, 3.63) is 28.8 Å². The molecule has 28 heavy (non-hydrogen) atoms. The fraction of sp³-hybridized carbons (Fsp3) is 0.682. The molecule has 4 nitrogen and oxygen atoms in total. The maximum Gasteiger partial charge on any atom is 0.494 e. The number of halogens is 1. The molecule has 1 aliphatic carbocycles. The van der Waals surface area contributed by atoms with Crippen LogP contribution in [-0.2, 0) is 18.8 Å². The second-order valence-corrected chi connectivity index (χ2v) is 9.50. The highest BCUT2D eigenvalue weighted by atomic mass is 35.5. The van der Waals surface area contributed by atoms with E-state index >= 15 is 0 Å². The van der Waals surface area contributed by atoms with Crippen LogP contribution in [0.1, 0.15) is 78.2 Å². The van der Waals surface area contributed by atoms with Gasteiger partial charge >= 0.3 is 13.1 Å². The molecular weight excluding hydrogens is 375 g/mol. The Morgan fingerprint density at radius 1 is 1.14 bits per heavy atom. The number of ether oxygens (including phenoxy) is 1. The molecule has 1 aromatic carbocycles. The monoisotopic (exact) mass is 406 g/mol. The minimum absolute atomic E-state index is 0.0734. The van der Waals surface area contributed by atoms with Gasteiger partial charge in [-0.3, -0.25) is 4.79 Å². The molecule has 0 bridgehead atoms. The minimum atomic E-state index is -0.392. The van der Waals surface area contributed by atoms with Gasteiger partial charge in [0.2, 0.25) is 0 Å². The summed E-state index contributed by atoms with van der Waals surface area (Å²) in [4.78, 5) is 11.7. The molecule has 0 radical (unpaired) electrons. The van der Waals surface area contributed by atoms with Crippen LogP contribution in [0.2, 0.25) is 5.02 Å². The SMILES string of the molecule is CCOC(=O)C[C@H]1CC[C@H](c2ccc(B3OC(C)(C)C(C)(C)O3)cc2Cl)CC1. The molecule has 0 aromatic heterocycles. The number of benzene rings is 1. The van der Waals surface area contributed by atoms with Crippen molar-refractivity contribution in [2.75, 3.05) is 6.61 Å². The van der Waals surface area contributed by atoms with Gasteiger partial charge in [0.25, 0.3) is 0 Å². The molecule has 2 fully saturated rings. The van der Waals surface area contributed by atoms with Crippen molar-refractivity contribution in [3.63, 3.8) is 0 Å². The van der Waals surface area contributed by atoms with Gasteiger partial charge in [-0.05, 0) is 89.2 Å². The Hall–Kier alpha value is -1.04. The molecule has 0 unspecified atom stereocenters. The summed E-state index contributed by atoms with van der Waals surface area (Å²) >= 11 is 6.66. The van der Waals surface area contributed by atoms with E-state index in [9.17, 15) is 4.79 Å². The first-order chi connectivity index (χ1) is 13.1. The normalized spacial score (nSPS) is 26.3. The fourth-order valence-corrected chi connectivity index (χ4v) is 4.48. The van der Waals surface area contributed by atoms with E-state index in [1.165, 1.54) is 5.56 Å². The highest BCUT2D eigenvalue weighted by Crippen LogP contribution is 2.40. The van der Waals surface area contributed by atoms with Crippen molar-refractivity contribution >= 4 is 30.2 Å². The highest BCUT2D eigenvalue weighted by molar-refractivity contribution is 6.62. The Morgan fingerprint density at radius 2 is 1.75 bits per heavy atom. The van der Waals surface area contributed by atoms with E-state index in [0.717, 1.165) is 36.2 Å². The summed E-state index contributed by atoms with van der Waals surface area (Å²) in [6.45, 7) is 10.5. The van der Waals surface area contributed by atoms with Gasteiger partial charge in [-0.2, -0.15) is 0 Å². The summed E-state index contributed by atoms with van der Waals surface area (Å²) in [6, 6.07) is 6.19. The van der Waals surface area contributed by atoms with Crippen molar-refractivity contribution in [2.24, 2.45) is 5.92 Å². The molecule has 6 heteroatoms. The zero-order valence-electron chi connectivity index (χ0n) is 17.7. The lowest BCUT2D eigenvalue weighted by Gasteiger charge is -2.32. The first-order valence-corrected chi connectivity index (χ1v) is 10.8. The third-order valence-corrected chi connectivity index (χ3v) is 6.92. The van der Waals surface area contributed by atoms with Crippen LogP contribution in [-0.4, -0.2) is 30.9 Å². The van der Waals surface area contributed by atoms with Gasteiger partial charge in [-0.15, -0.1) is 0 Å². The second kappa shape index (κ2) is 8.37. The molecule has 154 valence electrons. The highest BCUT2D eigenvalue weighted by Gasteiger charge is 2.51. The fourth-order valence-electron chi connectivity index (χ4n) is 4.13. The van der Waals surface area contributed by atoms with Crippen LogP contribution >= 0.6 is 11.6 Å². The predicted molar refractivity (Wildman–Crippen MR) is 113 cm³/mol. The van der Waals surface area contributed by atoms with Crippen molar-refractivity contribution in [1.29, 1.82) is 0 Å². The van der Waals surface area contributed by atoms with E-state index in [1.54, 1.807) is 0 Å². The summed E-state index contributed by atoms with van der Waals surface area (Å²) in [7, 11) is -0.392. The summed E-state index contributed by atoms with van der Waals surface area (Å²) in [5, 5.41) is 0.779. The number of carbonyl (C=O) groups excluding carboxylic acids is 1. The Bertz CT molecular complexity index is 694. The van der Waals surface area contributed by atoms with Gasteiger partial charge in [0, 0.05) is 11.4 Å². The number of hydrogen-bond donors (Lipinski definition) is 0. The van der Waals surface area contributed by atoms with Crippen LogP contribution < -0.4 is 5.46 Å². The van der Waals surface area contributed by atoms with E-state index in [4.69, 9.17) is 25.6 Å². The average molecular weight is 407 g/mol. The largest absolute Gasteiger partial charge is 0.494 e. The second-order valence-electron chi connectivity index (χ2n) is 9.10. The predicted octanol–water partition coefficient (Wildman–Crippen LogP) is 4.87. The molecule has 1 aromatic rings. The summed E-state index contributed by atoms with van der Waals surface area (Å²) in [5.74, 6) is 0.798. The van der Waals surface area contributed by atoms with Gasteiger partial charge in [-0.1, -0.05) is 23.7 Å². The molecule has 1 saturated carbocycles. The molecule has 0 N–H and O–H groups in total. The van der Waals surface area contributed by atoms with E-state index in [1.807, 2.05) is 13.0 Å². The van der Waals surface area contributed by atoms with Crippen LogP contribution in [0.15, 0.2) is 18.2 Å². The molecule has 1 heterocycles. The Morgan fingerprint density at radius 3 is 2.29 bits per heavy atom. The van der Waals surface area contributed by atoms with Gasteiger partial charge in [0.15, 0.2) is 0 Å². The van der Waals surface area contributed by atoms with E-state index < -0.39 is 7.12 Å². The average Bonchev–Trinajstić information content (AvgIpc) is 2.83. The van der Waals surface area contributed by atoms with Crippen molar-refractivity contribution < 1.29 is 18.8 Å². The van der Waals surface area contributed by atoms with Gasteiger partial charge < -0.3 is 14.0 Å². The van der Waals surface area contributed by atoms with Crippen LogP contribution in [0.4, 0.5) is 0 Å². The standard InChI is InChI=1S/C22H32BClO4/c1-6-26-20(25)13-15-7-9-16(10-8-15)18-12-11-17(14-19(18)24)23-27-21(2,3)22(4,5)28-23/h11-12,14-16H,6-10,13H2,1-5H3/t15-,16-. The van der Waals surface area contributed by atoms with Crippen molar-refractivity contribution in [1.82, 2.24) is 0 Å². The third kappa shape index (κ3) is 4.58. The van der Waals surface area contributed by atoms with Gasteiger partial charge in [-0.25, -0.2) is 0 Å². The molecular formula is C22H32BClO4. The molecule has 1 saturated heterocycles. The van der Waals surface area contributed by atoms with E-state index in [0.29, 0.717) is 24.9 Å². The minimum Gasteiger partial charge on any atom is -0.466 e. The summed E-state index contributed by atoms with van der Waals surface area (Å²) < 4.78 is 17.4. The maximum atomic E-state index is 11.7. The lowest BCUT2D eigenvalue weighted by Crippen LogP contribution is -2.41. The lowest BCUT2D eigenvalue weighted by atomic mass is 9.75. The molecule has 3 rings (SSSR count). The first kappa shape index (κ1) is 21.7. The first-order valence-electron chi connectivity index (χ1n) is 10.4. The zero-order chi connectivity index (χ0) is 20.5. The number of hydrogen-bond acceptors (Lipinski definition) is 4. The van der Waals surface area contributed by atoms with Crippen LogP contribution in [0.25, 0.3) is 0 Å². The van der Waals surface area contributed by atoms with Crippen LogP contribution in [0.5, 0.6) is 0 Å². The molecule has 0 atom stereocenters. The molecule has 2 aliphatic rings.